The molecule has 2 aromatic rings. The second kappa shape index (κ2) is 5.81. The normalized spacial score (nSPS) is 20.7. The molecule has 0 amide bonds. The van der Waals surface area contributed by atoms with E-state index in [1.807, 2.05) is 6.92 Å². The SMILES string of the molecule is Cc1cc(N2CCOCC2)nc(N2c3ccccc3CC2C)n1. The fraction of sp³-hybridized carbons (Fsp3) is 0.444. The number of aromatic nitrogens is 2. The van der Waals surface area contributed by atoms with Crippen LogP contribution in [0.4, 0.5) is 17.5 Å². The highest BCUT2D eigenvalue weighted by Crippen LogP contribution is 2.37. The summed E-state index contributed by atoms with van der Waals surface area (Å²) in [5.41, 5.74) is 3.62. The minimum Gasteiger partial charge on any atom is -0.378 e. The second-order valence-corrected chi connectivity index (χ2v) is 6.32. The zero-order chi connectivity index (χ0) is 15.8. The molecule has 1 saturated heterocycles. The van der Waals surface area contributed by atoms with Crippen molar-refractivity contribution in [3.63, 3.8) is 0 Å². The standard InChI is InChI=1S/C18H22N4O/c1-13-11-17(21-7-9-23-10-8-21)20-18(19-13)22-14(2)12-15-5-3-4-6-16(15)22/h3-6,11,14H,7-10,12H2,1-2H3. The molecule has 1 unspecified atom stereocenters. The molecular formula is C18H22N4O. The second-order valence-electron chi connectivity index (χ2n) is 6.32. The molecule has 1 aromatic carbocycles. The monoisotopic (exact) mass is 310 g/mol. The summed E-state index contributed by atoms with van der Waals surface area (Å²) < 4.78 is 5.45. The summed E-state index contributed by atoms with van der Waals surface area (Å²) in [4.78, 5) is 14.1. The van der Waals surface area contributed by atoms with Gasteiger partial charge in [0.2, 0.25) is 5.95 Å². The predicted molar refractivity (Wildman–Crippen MR) is 91.5 cm³/mol. The quantitative estimate of drug-likeness (QED) is 0.853. The molecule has 0 bridgehead atoms. The molecule has 0 spiro atoms. The summed E-state index contributed by atoms with van der Waals surface area (Å²) in [6.45, 7) is 7.59. The van der Waals surface area contributed by atoms with Crippen molar-refractivity contribution in [2.45, 2.75) is 26.3 Å². The molecule has 5 nitrogen and oxygen atoms in total. The Kier molecular flexibility index (Phi) is 3.65. The van der Waals surface area contributed by atoms with Gasteiger partial charge in [-0.25, -0.2) is 4.98 Å². The van der Waals surface area contributed by atoms with Crippen LogP contribution in [0.25, 0.3) is 0 Å². The van der Waals surface area contributed by atoms with Crippen molar-refractivity contribution in [1.82, 2.24) is 9.97 Å². The third-order valence-electron chi connectivity index (χ3n) is 4.59. The number of anilines is 3. The van der Waals surface area contributed by atoms with Gasteiger partial charge in [0.05, 0.1) is 13.2 Å². The third-order valence-corrected chi connectivity index (χ3v) is 4.59. The smallest absolute Gasteiger partial charge is 0.232 e. The van der Waals surface area contributed by atoms with Gasteiger partial charge in [0.1, 0.15) is 5.82 Å². The van der Waals surface area contributed by atoms with E-state index < -0.39 is 0 Å². The van der Waals surface area contributed by atoms with Gasteiger partial charge in [0.15, 0.2) is 0 Å². The number of hydrogen-bond donors (Lipinski definition) is 0. The van der Waals surface area contributed by atoms with Crippen molar-refractivity contribution in [2.75, 3.05) is 36.1 Å². The zero-order valence-corrected chi connectivity index (χ0v) is 13.7. The topological polar surface area (TPSA) is 41.5 Å². The van der Waals surface area contributed by atoms with Crippen LogP contribution in [0.3, 0.4) is 0 Å². The van der Waals surface area contributed by atoms with Gasteiger partial charge in [0.25, 0.3) is 0 Å². The maximum absolute atomic E-state index is 5.45. The molecule has 23 heavy (non-hydrogen) atoms. The Hall–Kier alpha value is -2.14. The number of aryl methyl sites for hydroxylation is 1. The molecule has 0 aliphatic carbocycles. The number of hydrogen-bond acceptors (Lipinski definition) is 5. The Bertz CT molecular complexity index is 712. The van der Waals surface area contributed by atoms with E-state index in [-0.39, 0.29) is 0 Å². The highest BCUT2D eigenvalue weighted by atomic mass is 16.5. The van der Waals surface area contributed by atoms with Crippen LogP contribution in [-0.4, -0.2) is 42.3 Å². The first-order chi connectivity index (χ1) is 11.2. The van der Waals surface area contributed by atoms with Crippen LogP contribution in [-0.2, 0) is 11.2 Å². The summed E-state index contributed by atoms with van der Waals surface area (Å²) >= 11 is 0. The molecule has 2 aliphatic rings. The van der Waals surface area contributed by atoms with Crippen LogP contribution in [0.2, 0.25) is 0 Å². The van der Waals surface area contributed by atoms with Crippen molar-refractivity contribution in [1.29, 1.82) is 0 Å². The van der Waals surface area contributed by atoms with E-state index in [0.717, 1.165) is 50.2 Å². The molecule has 3 heterocycles. The largest absolute Gasteiger partial charge is 0.378 e. The van der Waals surface area contributed by atoms with E-state index in [2.05, 4.69) is 47.1 Å². The van der Waals surface area contributed by atoms with E-state index in [1.54, 1.807) is 0 Å². The minimum absolute atomic E-state index is 0.381. The van der Waals surface area contributed by atoms with Crippen LogP contribution in [0.1, 0.15) is 18.2 Å². The van der Waals surface area contributed by atoms with Crippen LogP contribution in [0.15, 0.2) is 30.3 Å². The molecule has 1 atom stereocenters. The molecule has 5 heteroatoms. The number of para-hydroxylation sites is 1. The first-order valence-corrected chi connectivity index (χ1v) is 8.28. The summed E-state index contributed by atoms with van der Waals surface area (Å²) in [7, 11) is 0. The highest BCUT2D eigenvalue weighted by Gasteiger charge is 2.29. The van der Waals surface area contributed by atoms with Gasteiger partial charge in [-0.3, -0.25) is 0 Å². The van der Waals surface area contributed by atoms with Crippen LogP contribution < -0.4 is 9.80 Å². The number of fused-ring (bicyclic) bond motifs is 1. The summed E-state index contributed by atoms with van der Waals surface area (Å²) in [5.74, 6) is 1.82. The maximum atomic E-state index is 5.45. The number of nitrogens with zero attached hydrogens (tertiary/aromatic N) is 4. The fourth-order valence-electron chi connectivity index (χ4n) is 3.47. The van der Waals surface area contributed by atoms with Crippen molar-refractivity contribution < 1.29 is 4.74 Å². The summed E-state index contributed by atoms with van der Waals surface area (Å²) in [6.07, 6.45) is 1.04. The highest BCUT2D eigenvalue weighted by molar-refractivity contribution is 5.67. The lowest BCUT2D eigenvalue weighted by atomic mass is 10.1. The molecule has 0 saturated carbocycles. The Morgan fingerprint density at radius 3 is 2.74 bits per heavy atom. The predicted octanol–water partition coefficient (Wildman–Crippen LogP) is 2.70. The third kappa shape index (κ3) is 2.65. The van der Waals surface area contributed by atoms with E-state index >= 15 is 0 Å². The van der Waals surface area contributed by atoms with Crippen molar-refractivity contribution in [3.8, 4) is 0 Å². The van der Waals surface area contributed by atoms with E-state index in [1.165, 1.54) is 11.3 Å². The van der Waals surface area contributed by atoms with Crippen molar-refractivity contribution in [2.24, 2.45) is 0 Å². The Morgan fingerprint density at radius 2 is 1.91 bits per heavy atom. The van der Waals surface area contributed by atoms with Crippen molar-refractivity contribution >= 4 is 17.5 Å². The van der Waals surface area contributed by atoms with E-state index in [4.69, 9.17) is 14.7 Å². The lowest BCUT2D eigenvalue weighted by molar-refractivity contribution is 0.122. The maximum Gasteiger partial charge on any atom is 0.232 e. The number of ether oxygens (including phenoxy) is 1. The van der Waals surface area contributed by atoms with Gasteiger partial charge >= 0.3 is 0 Å². The molecule has 1 fully saturated rings. The van der Waals surface area contributed by atoms with Gasteiger partial charge in [-0.15, -0.1) is 0 Å². The first kappa shape index (κ1) is 14.5. The van der Waals surface area contributed by atoms with Crippen LogP contribution in [0.5, 0.6) is 0 Å². The zero-order valence-electron chi connectivity index (χ0n) is 13.7. The van der Waals surface area contributed by atoms with Crippen LogP contribution in [0, 0.1) is 6.92 Å². The molecular weight excluding hydrogens is 288 g/mol. The van der Waals surface area contributed by atoms with Gasteiger partial charge < -0.3 is 14.5 Å². The molecule has 0 radical (unpaired) electrons. The molecule has 4 rings (SSSR count). The minimum atomic E-state index is 0.381. The van der Waals surface area contributed by atoms with Gasteiger partial charge in [-0.1, -0.05) is 18.2 Å². The Morgan fingerprint density at radius 1 is 1.13 bits per heavy atom. The number of benzene rings is 1. The van der Waals surface area contributed by atoms with Crippen LogP contribution >= 0.6 is 0 Å². The van der Waals surface area contributed by atoms with E-state index in [0.29, 0.717) is 6.04 Å². The van der Waals surface area contributed by atoms with Gasteiger partial charge in [-0.05, 0) is 31.9 Å². The van der Waals surface area contributed by atoms with Gasteiger partial charge in [-0.2, -0.15) is 4.98 Å². The summed E-state index contributed by atoms with van der Waals surface area (Å²) in [6, 6.07) is 11.0. The van der Waals surface area contributed by atoms with E-state index in [9.17, 15) is 0 Å². The lowest BCUT2D eigenvalue weighted by Gasteiger charge is -2.29. The van der Waals surface area contributed by atoms with Gasteiger partial charge in [0, 0.05) is 36.6 Å². The molecule has 1 aromatic heterocycles. The average molecular weight is 310 g/mol. The molecule has 120 valence electrons. The Balaban J connectivity index is 1.73. The number of morpholine rings is 1. The fourth-order valence-corrected chi connectivity index (χ4v) is 3.47. The molecule has 2 aliphatic heterocycles. The number of rotatable bonds is 2. The lowest BCUT2D eigenvalue weighted by Crippen LogP contribution is -2.37. The van der Waals surface area contributed by atoms with Crippen molar-refractivity contribution in [3.05, 3.63) is 41.6 Å². The molecule has 0 N–H and O–H groups in total. The average Bonchev–Trinajstić information content (AvgIpc) is 2.91. The Labute approximate surface area is 136 Å². The summed E-state index contributed by atoms with van der Waals surface area (Å²) in [5, 5.41) is 0. The first-order valence-electron chi connectivity index (χ1n) is 8.28.